The second kappa shape index (κ2) is 9.36. The Kier molecular flexibility index (Phi) is 6.18. The summed E-state index contributed by atoms with van der Waals surface area (Å²) in [6.45, 7) is -0.291. The Bertz CT molecular complexity index is 1270. The first-order chi connectivity index (χ1) is 15.5. The highest BCUT2D eigenvalue weighted by Crippen LogP contribution is 2.24. The first-order valence-electron chi connectivity index (χ1n) is 9.52. The monoisotopic (exact) mass is 451 g/mol. The number of nitrogens with one attached hydrogen (secondary N) is 2. The summed E-state index contributed by atoms with van der Waals surface area (Å²) in [5.74, 6) is -0.138. The lowest BCUT2D eigenvalue weighted by Gasteiger charge is -2.10. The first-order valence-corrected chi connectivity index (χ1v) is 9.90. The zero-order chi connectivity index (χ0) is 22.5. The predicted octanol–water partition coefficient (Wildman–Crippen LogP) is 3.41. The van der Waals surface area contributed by atoms with Gasteiger partial charge < -0.3 is 20.2 Å². The maximum Gasteiger partial charge on any atom is 0.265 e. The Morgan fingerprint density at radius 3 is 2.59 bits per heavy atom. The van der Waals surface area contributed by atoms with Crippen LogP contribution in [0.25, 0.3) is 11.0 Å². The molecule has 0 aliphatic rings. The minimum atomic E-state index is -0.401. The third-order valence-corrected chi connectivity index (χ3v) is 4.72. The van der Waals surface area contributed by atoms with Crippen LogP contribution in [0.5, 0.6) is 5.75 Å². The first kappa shape index (κ1) is 21.1. The number of rotatable bonds is 7. The van der Waals surface area contributed by atoms with E-state index >= 15 is 0 Å². The van der Waals surface area contributed by atoms with Crippen LogP contribution in [0, 0.1) is 0 Å². The topological polar surface area (TPSA) is 107 Å². The molecule has 10 heteroatoms. The molecule has 4 rings (SSSR count). The van der Waals surface area contributed by atoms with Crippen molar-refractivity contribution < 1.29 is 19.2 Å². The van der Waals surface area contributed by atoms with Crippen molar-refractivity contribution in [2.45, 2.75) is 0 Å². The van der Waals surface area contributed by atoms with Gasteiger partial charge in [-0.3, -0.25) is 9.59 Å². The van der Waals surface area contributed by atoms with Gasteiger partial charge in [0.25, 0.3) is 11.8 Å². The minimum Gasteiger partial charge on any atom is -0.495 e. The van der Waals surface area contributed by atoms with E-state index in [0.29, 0.717) is 38.7 Å². The lowest BCUT2D eigenvalue weighted by molar-refractivity contribution is -0.121. The van der Waals surface area contributed by atoms with Crippen molar-refractivity contribution in [3.05, 3.63) is 77.3 Å². The molecule has 9 nitrogen and oxygen atoms in total. The molecule has 1 heterocycles. The summed E-state index contributed by atoms with van der Waals surface area (Å²) in [7, 11) is 1.53. The smallest absolute Gasteiger partial charge is 0.265 e. The number of aromatic nitrogens is 3. The van der Waals surface area contributed by atoms with E-state index in [9.17, 15) is 9.59 Å². The summed E-state index contributed by atoms with van der Waals surface area (Å²) >= 11 is 5.97. The van der Waals surface area contributed by atoms with E-state index in [-0.39, 0.29) is 12.5 Å². The summed E-state index contributed by atoms with van der Waals surface area (Å²) < 4.78 is 5.23. The fourth-order valence-electron chi connectivity index (χ4n) is 2.93. The van der Waals surface area contributed by atoms with Crippen LogP contribution in [0.2, 0.25) is 5.02 Å². The number of fused-ring (bicyclic) bond motifs is 1. The number of ether oxygens (including phenoxy) is 1. The number of anilines is 2. The van der Waals surface area contributed by atoms with Gasteiger partial charge in [0.2, 0.25) is 0 Å². The molecule has 1 aromatic heterocycles. The number of hydrogen-bond donors (Lipinski definition) is 2. The molecule has 0 atom stereocenters. The van der Waals surface area contributed by atoms with Crippen molar-refractivity contribution in [3.63, 3.8) is 0 Å². The SMILES string of the molecule is COc1ccccc1NC(=O)c1ccc(NC(=O)COn2nnc3ccc(Cl)cc32)cc1. The summed E-state index contributed by atoms with van der Waals surface area (Å²) in [4.78, 5) is 31.2. The molecule has 0 spiro atoms. The number of para-hydroxylation sites is 2. The Hall–Kier alpha value is -4.11. The molecule has 32 heavy (non-hydrogen) atoms. The zero-order valence-electron chi connectivity index (χ0n) is 16.9. The van der Waals surface area contributed by atoms with Crippen molar-refractivity contribution >= 4 is 45.8 Å². The second-order valence-corrected chi connectivity index (χ2v) is 7.09. The Morgan fingerprint density at radius 1 is 1.03 bits per heavy atom. The average Bonchev–Trinajstić information content (AvgIpc) is 3.20. The summed E-state index contributed by atoms with van der Waals surface area (Å²) in [5.41, 5.74) is 2.65. The van der Waals surface area contributed by atoms with Gasteiger partial charge in [0.1, 0.15) is 16.8 Å². The second-order valence-electron chi connectivity index (χ2n) is 6.65. The normalized spacial score (nSPS) is 10.6. The van der Waals surface area contributed by atoms with Crippen molar-refractivity contribution in [2.24, 2.45) is 0 Å². The standard InChI is InChI=1S/C22H18ClN5O4/c1-31-20-5-3-2-4-18(20)25-22(30)14-6-9-16(10-7-14)24-21(29)13-32-28-19-12-15(23)8-11-17(19)26-27-28/h2-12H,13H2,1H3,(H,24,29)(H,25,30). The Balaban J connectivity index is 1.34. The highest BCUT2D eigenvalue weighted by atomic mass is 35.5. The fraction of sp³-hybridized carbons (Fsp3) is 0.0909. The number of halogens is 1. The molecule has 0 radical (unpaired) electrons. The van der Waals surface area contributed by atoms with E-state index < -0.39 is 5.91 Å². The van der Waals surface area contributed by atoms with Crippen LogP contribution in [-0.2, 0) is 4.79 Å². The number of methoxy groups -OCH3 is 1. The van der Waals surface area contributed by atoms with Gasteiger partial charge in [0, 0.05) is 16.3 Å². The predicted molar refractivity (Wildman–Crippen MR) is 120 cm³/mol. The van der Waals surface area contributed by atoms with Crippen molar-refractivity contribution in [1.29, 1.82) is 0 Å². The van der Waals surface area contributed by atoms with Crippen molar-refractivity contribution in [1.82, 2.24) is 15.2 Å². The van der Waals surface area contributed by atoms with Gasteiger partial charge in [-0.15, -0.1) is 5.10 Å². The maximum absolute atomic E-state index is 12.5. The van der Waals surface area contributed by atoms with Crippen LogP contribution in [0.3, 0.4) is 0 Å². The molecule has 2 N–H and O–H groups in total. The molecule has 3 aromatic carbocycles. The third kappa shape index (κ3) is 4.79. The maximum atomic E-state index is 12.5. The number of nitrogens with zero attached hydrogens (tertiary/aromatic N) is 3. The number of hydrogen-bond acceptors (Lipinski definition) is 6. The fourth-order valence-corrected chi connectivity index (χ4v) is 3.10. The van der Waals surface area contributed by atoms with Crippen LogP contribution in [0.1, 0.15) is 10.4 Å². The van der Waals surface area contributed by atoms with Gasteiger partial charge in [-0.2, -0.15) is 0 Å². The molecule has 0 bridgehead atoms. The lowest BCUT2D eigenvalue weighted by Crippen LogP contribution is -2.26. The Labute approximate surface area is 187 Å². The quantitative estimate of drug-likeness (QED) is 0.446. The van der Waals surface area contributed by atoms with Gasteiger partial charge in [0.05, 0.1) is 12.8 Å². The van der Waals surface area contributed by atoms with E-state index in [4.69, 9.17) is 21.2 Å². The molecule has 4 aromatic rings. The largest absolute Gasteiger partial charge is 0.495 e. The van der Waals surface area contributed by atoms with Crippen LogP contribution in [0.4, 0.5) is 11.4 Å². The van der Waals surface area contributed by atoms with Crippen LogP contribution in [0.15, 0.2) is 66.7 Å². The van der Waals surface area contributed by atoms with E-state index in [1.165, 1.54) is 7.11 Å². The van der Waals surface area contributed by atoms with Crippen molar-refractivity contribution in [3.8, 4) is 5.75 Å². The van der Waals surface area contributed by atoms with Gasteiger partial charge >= 0.3 is 0 Å². The molecule has 0 saturated heterocycles. The van der Waals surface area contributed by atoms with Crippen LogP contribution >= 0.6 is 11.6 Å². The molecule has 0 unspecified atom stereocenters. The van der Waals surface area contributed by atoms with Crippen LogP contribution < -0.4 is 20.2 Å². The summed E-state index contributed by atoms with van der Waals surface area (Å²) in [6.07, 6.45) is 0. The number of benzene rings is 3. The van der Waals surface area contributed by atoms with Gasteiger partial charge in [-0.1, -0.05) is 28.6 Å². The Morgan fingerprint density at radius 2 is 1.81 bits per heavy atom. The molecular formula is C22H18ClN5O4. The molecule has 2 amide bonds. The number of carbonyl (C=O) groups excluding carboxylic acids is 2. The highest BCUT2D eigenvalue weighted by molar-refractivity contribution is 6.31. The van der Waals surface area contributed by atoms with Crippen LogP contribution in [-0.4, -0.2) is 40.7 Å². The summed E-state index contributed by atoms with van der Waals surface area (Å²) in [5, 5.41) is 13.8. The third-order valence-electron chi connectivity index (χ3n) is 4.48. The van der Waals surface area contributed by atoms with Gasteiger partial charge in [-0.25, -0.2) is 0 Å². The van der Waals surface area contributed by atoms with E-state index in [0.717, 1.165) is 4.85 Å². The molecule has 0 aliphatic carbocycles. The van der Waals surface area contributed by atoms with Gasteiger partial charge in [-0.05, 0) is 59.8 Å². The molecule has 0 saturated carbocycles. The average molecular weight is 452 g/mol. The minimum absolute atomic E-state index is 0.291. The number of amides is 2. The van der Waals surface area contributed by atoms with E-state index in [2.05, 4.69) is 20.9 Å². The van der Waals surface area contributed by atoms with E-state index in [1.807, 2.05) is 6.07 Å². The van der Waals surface area contributed by atoms with E-state index in [1.54, 1.807) is 60.7 Å². The van der Waals surface area contributed by atoms with Crippen molar-refractivity contribution in [2.75, 3.05) is 24.4 Å². The summed E-state index contributed by atoms with van der Waals surface area (Å²) in [6, 6.07) is 18.6. The van der Waals surface area contributed by atoms with Gasteiger partial charge in [0.15, 0.2) is 6.61 Å². The highest BCUT2D eigenvalue weighted by Gasteiger charge is 2.11. The molecule has 0 aliphatic heterocycles. The number of carbonyl (C=O) groups is 2. The molecule has 162 valence electrons. The zero-order valence-corrected chi connectivity index (χ0v) is 17.7. The molecule has 0 fully saturated rings. The molecular weight excluding hydrogens is 434 g/mol. The lowest BCUT2D eigenvalue weighted by atomic mass is 10.2.